The molecule has 0 heterocycles. The van der Waals surface area contributed by atoms with Crippen LogP contribution in [0.4, 0.5) is 0 Å². The van der Waals surface area contributed by atoms with E-state index in [-0.39, 0.29) is 0 Å². The van der Waals surface area contributed by atoms with Gasteiger partial charge in [-0.3, -0.25) is 4.99 Å². The van der Waals surface area contributed by atoms with E-state index in [1.807, 2.05) is 7.05 Å². The Hall–Kier alpha value is -1.31. The molecule has 0 amide bonds. The lowest BCUT2D eigenvalue weighted by molar-refractivity contribution is 1.03. The van der Waals surface area contributed by atoms with E-state index in [0.29, 0.717) is 0 Å². The van der Waals surface area contributed by atoms with E-state index in [9.17, 15) is 0 Å². The van der Waals surface area contributed by atoms with Gasteiger partial charge in [0.1, 0.15) is 0 Å². The van der Waals surface area contributed by atoms with Crippen LogP contribution < -0.4 is 5.32 Å². The predicted octanol–water partition coefficient (Wildman–Crippen LogP) is 1.53. The van der Waals surface area contributed by atoms with Gasteiger partial charge in [-0.05, 0) is 6.08 Å². The highest BCUT2D eigenvalue weighted by Gasteiger charge is 1.92. The summed E-state index contributed by atoms with van der Waals surface area (Å²) >= 11 is 0. The molecular formula is C9H14N2. The summed E-state index contributed by atoms with van der Waals surface area (Å²) in [5.74, 6) is 0. The molecule has 0 saturated carbocycles. The largest absolute Gasteiger partial charge is 0.388 e. The molecule has 11 heavy (non-hydrogen) atoms. The van der Waals surface area contributed by atoms with Crippen molar-refractivity contribution in [3.05, 3.63) is 36.6 Å². The molecular weight excluding hydrogens is 136 g/mol. The van der Waals surface area contributed by atoms with Crippen LogP contribution >= 0.6 is 0 Å². The molecule has 0 saturated heterocycles. The van der Waals surface area contributed by atoms with Crippen LogP contribution in [0.5, 0.6) is 0 Å². The lowest BCUT2D eigenvalue weighted by Gasteiger charge is -2.02. The van der Waals surface area contributed by atoms with Crippen LogP contribution in [0.2, 0.25) is 0 Å². The number of allylic oxidation sites excluding steroid dienone is 3. The van der Waals surface area contributed by atoms with Gasteiger partial charge in [0, 0.05) is 31.6 Å². The van der Waals surface area contributed by atoms with Crippen molar-refractivity contribution in [2.24, 2.45) is 4.99 Å². The molecule has 0 fully saturated rings. The van der Waals surface area contributed by atoms with E-state index in [1.54, 1.807) is 25.4 Å². The third-order valence-electron chi connectivity index (χ3n) is 1.27. The zero-order valence-corrected chi connectivity index (χ0v) is 7.09. The Labute approximate surface area is 68.0 Å². The van der Waals surface area contributed by atoms with Crippen molar-refractivity contribution in [1.29, 1.82) is 0 Å². The molecule has 2 nitrogen and oxygen atoms in total. The third-order valence-corrected chi connectivity index (χ3v) is 1.27. The van der Waals surface area contributed by atoms with Crippen LogP contribution in [-0.2, 0) is 0 Å². The van der Waals surface area contributed by atoms with Gasteiger partial charge in [-0.2, -0.15) is 0 Å². The smallest absolute Gasteiger partial charge is 0.0420 e. The van der Waals surface area contributed by atoms with Crippen molar-refractivity contribution >= 4 is 6.21 Å². The van der Waals surface area contributed by atoms with Crippen LogP contribution in [0.15, 0.2) is 41.6 Å². The Morgan fingerprint density at radius 1 is 1.36 bits per heavy atom. The lowest BCUT2D eigenvalue weighted by Crippen LogP contribution is -2.06. The van der Waals surface area contributed by atoms with Crippen LogP contribution in [0.25, 0.3) is 0 Å². The van der Waals surface area contributed by atoms with Crippen molar-refractivity contribution in [1.82, 2.24) is 5.32 Å². The zero-order valence-electron chi connectivity index (χ0n) is 7.09. The summed E-state index contributed by atoms with van der Waals surface area (Å²) in [6.07, 6.45) is 5.21. The van der Waals surface area contributed by atoms with E-state index in [2.05, 4.69) is 23.5 Å². The predicted molar refractivity (Wildman–Crippen MR) is 50.9 cm³/mol. The molecule has 0 spiro atoms. The number of hydrogen-bond donors (Lipinski definition) is 1. The minimum absolute atomic E-state index is 0.936. The molecule has 0 unspecified atom stereocenters. The zero-order chi connectivity index (χ0) is 8.69. The average Bonchev–Trinajstić information content (AvgIpc) is 2.05. The normalized spacial score (nSPS) is 12.5. The molecule has 0 radical (unpaired) electrons. The number of nitrogens with zero attached hydrogens (tertiary/aromatic N) is 1. The molecule has 1 N–H and O–H groups in total. The van der Waals surface area contributed by atoms with E-state index < -0.39 is 0 Å². The maximum absolute atomic E-state index is 3.88. The highest BCUT2D eigenvalue weighted by molar-refractivity contribution is 5.83. The standard InChI is InChI=1S/C9H14N2/c1-5-8(7-10-3)9(6-2)11-4/h5-7,11H,1-2H2,3-4H3/b9-8+,10-7?. The maximum Gasteiger partial charge on any atom is 0.0420 e. The van der Waals surface area contributed by atoms with E-state index >= 15 is 0 Å². The molecule has 0 aliphatic rings. The Balaban J connectivity index is 4.75. The number of aliphatic imine (C=N–C) groups is 1. The van der Waals surface area contributed by atoms with Crippen molar-refractivity contribution in [3.8, 4) is 0 Å². The summed E-state index contributed by atoms with van der Waals surface area (Å²) in [5.41, 5.74) is 1.88. The van der Waals surface area contributed by atoms with E-state index in [4.69, 9.17) is 0 Å². The lowest BCUT2D eigenvalue weighted by atomic mass is 10.2. The first-order valence-corrected chi connectivity index (χ1v) is 3.39. The molecule has 2 heteroatoms. The molecule has 0 rings (SSSR count). The van der Waals surface area contributed by atoms with Gasteiger partial charge >= 0.3 is 0 Å². The first-order chi connectivity index (χ1) is 5.29. The SMILES string of the molecule is C=C/C(C=NC)=C(/C=C)NC. The van der Waals surface area contributed by atoms with Gasteiger partial charge in [-0.1, -0.05) is 19.2 Å². The van der Waals surface area contributed by atoms with E-state index in [0.717, 1.165) is 11.3 Å². The van der Waals surface area contributed by atoms with Crippen molar-refractivity contribution in [2.75, 3.05) is 14.1 Å². The molecule has 0 aromatic heterocycles. The van der Waals surface area contributed by atoms with Gasteiger partial charge in [0.15, 0.2) is 0 Å². The monoisotopic (exact) mass is 150 g/mol. The summed E-state index contributed by atoms with van der Waals surface area (Å²) < 4.78 is 0. The first-order valence-electron chi connectivity index (χ1n) is 3.39. The van der Waals surface area contributed by atoms with Gasteiger partial charge in [0.05, 0.1) is 0 Å². The summed E-state index contributed by atoms with van der Waals surface area (Å²) in [7, 11) is 3.56. The number of rotatable bonds is 4. The second-order valence-electron chi connectivity index (χ2n) is 1.91. The molecule has 0 aromatic carbocycles. The van der Waals surface area contributed by atoms with Crippen LogP contribution in [0.1, 0.15) is 0 Å². The summed E-state index contributed by atoms with van der Waals surface area (Å²) in [4.78, 5) is 3.88. The number of hydrogen-bond acceptors (Lipinski definition) is 2. The van der Waals surface area contributed by atoms with Crippen molar-refractivity contribution < 1.29 is 0 Å². The van der Waals surface area contributed by atoms with Gasteiger partial charge in [-0.15, -0.1) is 0 Å². The molecule has 0 aromatic rings. The van der Waals surface area contributed by atoms with Gasteiger partial charge in [0.2, 0.25) is 0 Å². The summed E-state index contributed by atoms with van der Waals surface area (Å²) in [6.45, 7) is 7.31. The molecule has 60 valence electrons. The Bertz CT molecular complexity index is 200. The van der Waals surface area contributed by atoms with Crippen molar-refractivity contribution in [2.45, 2.75) is 0 Å². The number of likely N-dealkylation sites (N-methyl/N-ethyl adjacent to an activating group) is 1. The first kappa shape index (κ1) is 9.69. The fraction of sp³-hybridized carbons (Fsp3) is 0.222. The summed E-state index contributed by atoms with van der Waals surface area (Å²) in [5, 5.41) is 2.99. The fourth-order valence-electron chi connectivity index (χ4n) is 0.736. The quantitative estimate of drug-likeness (QED) is 0.477. The molecule has 0 aliphatic carbocycles. The Kier molecular flexibility index (Phi) is 4.82. The second kappa shape index (κ2) is 5.47. The molecule has 0 atom stereocenters. The molecule has 0 bridgehead atoms. The minimum Gasteiger partial charge on any atom is -0.388 e. The Morgan fingerprint density at radius 3 is 2.27 bits per heavy atom. The van der Waals surface area contributed by atoms with Crippen LogP contribution in [0.3, 0.4) is 0 Å². The van der Waals surface area contributed by atoms with Gasteiger partial charge in [-0.25, -0.2) is 0 Å². The molecule has 0 aliphatic heterocycles. The number of nitrogens with one attached hydrogen (secondary N) is 1. The van der Waals surface area contributed by atoms with Gasteiger partial charge in [0.25, 0.3) is 0 Å². The maximum atomic E-state index is 3.88. The second-order valence-corrected chi connectivity index (χ2v) is 1.91. The highest BCUT2D eigenvalue weighted by Crippen LogP contribution is 1.99. The van der Waals surface area contributed by atoms with E-state index in [1.165, 1.54) is 0 Å². The average molecular weight is 150 g/mol. The highest BCUT2D eigenvalue weighted by atomic mass is 14.8. The topological polar surface area (TPSA) is 24.4 Å². The van der Waals surface area contributed by atoms with Crippen LogP contribution in [-0.4, -0.2) is 20.3 Å². The third kappa shape index (κ3) is 2.85. The summed E-state index contributed by atoms with van der Waals surface area (Å²) in [6, 6.07) is 0. The fourth-order valence-corrected chi connectivity index (χ4v) is 0.736. The Morgan fingerprint density at radius 2 is 2.00 bits per heavy atom. The van der Waals surface area contributed by atoms with Crippen molar-refractivity contribution in [3.63, 3.8) is 0 Å². The van der Waals surface area contributed by atoms with Crippen LogP contribution in [0, 0.1) is 0 Å². The minimum atomic E-state index is 0.936. The van der Waals surface area contributed by atoms with Gasteiger partial charge < -0.3 is 5.32 Å².